The van der Waals surface area contributed by atoms with Gasteiger partial charge < -0.3 is 4.90 Å². The molecule has 65 valence electrons. The van der Waals surface area contributed by atoms with Crippen molar-refractivity contribution in [3.8, 4) is 0 Å². The van der Waals surface area contributed by atoms with Gasteiger partial charge in [0.2, 0.25) is 6.17 Å². The van der Waals surface area contributed by atoms with Gasteiger partial charge in [-0.2, -0.15) is 4.39 Å². The molecular weight excluding hydrogens is 160 g/mol. The van der Waals surface area contributed by atoms with Crippen molar-refractivity contribution in [1.82, 2.24) is 4.90 Å². The minimum Gasteiger partial charge on any atom is -0.305 e. The molecule has 0 spiro atoms. The molecule has 0 fully saturated rings. The van der Waals surface area contributed by atoms with E-state index < -0.39 is 12.0 Å². The van der Waals surface area contributed by atoms with Crippen LogP contribution in [0, 0.1) is 6.17 Å². The highest BCUT2D eigenvalue weighted by molar-refractivity contribution is 5.36. The fourth-order valence-corrected chi connectivity index (χ4v) is 0.924. The van der Waals surface area contributed by atoms with E-state index in [9.17, 15) is 8.78 Å². The monoisotopic (exact) mass is 170 g/mol. The Balaban J connectivity index is 2.81. The predicted molar refractivity (Wildman–Crippen MR) is 43.7 cm³/mol. The summed E-state index contributed by atoms with van der Waals surface area (Å²) >= 11 is 0. The van der Waals surface area contributed by atoms with Crippen LogP contribution in [0.4, 0.5) is 8.78 Å². The van der Waals surface area contributed by atoms with Crippen molar-refractivity contribution in [3.63, 3.8) is 0 Å². The maximum absolute atomic E-state index is 12.9. The summed E-state index contributed by atoms with van der Waals surface area (Å²) in [5, 5.41) is 0. The molecule has 0 atom stereocenters. The van der Waals surface area contributed by atoms with Crippen LogP contribution in [0.3, 0.4) is 0 Å². The predicted octanol–water partition coefficient (Wildman–Crippen LogP) is 2.00. The molecule has 0 saturated carbocycles. The summed E-state index contributed by atoms with van der Waals surface area (Å²) < 4.78 is 25.5. The van der Waals surface area contributed by atoms with Crippen molar-refractivity contribution in [2.75, 3.05) is 20.6 Å². The molecule has 3 heteroatoms. The fraction of sp³-hybridized carbons (Fsp3) is 0.333. The first-order valence-electron chi connectivity index (χ1n) is 3.60. The van der Waals surface area contributed by atoms with Gasteiger partial charge in [0.1, 0.15) is 0 Å². The minimum atomic E-state index is -0.520. The molecule has 0 saturated heterocycles. The van der Waals surface area contributed by atoms with E-state index in [0.29, 0.717) is 6.54 Å². The van der Waals surface area contributed by atoms with Crippen LogP contribution in [-0.4, -0.2) is 25.5 Å². The molecule has 0 aromatic heterocycles. The number of hydrogen-bond donors (Lipinski definition) is 0. The van der Waals surface area contributed by atoms with Gasteiger partial charge in [-0.3, -0.25) is 0 Å². The molecule has 1 aliphatic rings. The number of nitrogens with zero attached hydrogens (tertiary/aromatic N) is 1. The molecule has 0 aliphatic heterocycles. The van der Waals surface area contributed by atoms with Gasteiger partial charge >= 0.3 is 0 Å². The Labute approximate surface area is 70.7 Å². The Morgan fingerprint density at radius 2 is 2.00 bits per heavy atom. The van der Waals surface area contributed by atoms with Crippen molar-refractivity contribution in [3.05, 3.63) is 35.5 Å². The summed E-state index contributed by atoms with van der Waals surface area (Å²) in [5.41, 5.74) is 2.59. The largest absolute Gasteiger partial charge is 0.305 e. The highest BCUT2D eigenvalue weighted by atomic mass is 19.1. The Hall–Kier alpha value is -0.920. The molecule has 1 radical (unpaired) electrons. The third-order valence-electron chi connectivity index (χ3n) is 1.41. The maximum Gasteiger partial charge on any atom is 0.201 e. The van der Waals surface area contributed by atoms with Crippen LogP contribution in [0.2, 0.25) is 0 Å². The Morgan fingerprint density at radius 3 is 2.58 bits per heavy atom. The number of hydrogen-bond acceptors (Lipinski definition) is 1. The molecule has 1 rings (SSSR count). The lowest BCUT2D eigenvalue weighted by atomic mass is 10.1. The topological polar surface area (TPSA) is 3.24 Å². The van der Waals surface area contributed by atoms with E-state index in [0.717, 1.165) is 12.2 Å². The number of rotatable bonds is 2. The van der Waals surface area contributed by atoms with Gasteiger partial charge in [0.25, 0.3) is 0 Å². The summed E-state index contributed by atoms with van der Waals surface area (Å²) in [4.78, 5) is 1.76. The van der Waals surface area contributed by atoms with Crippen LogP contribution >= 0.6 is 0 Å². The van der Waals surface area contributed by atoms with Crippen LogP contribution in [-0.2, 0) is 0 Å². The van der Waals surface area contributed by atoms with Gasteiger partial charge in [-0.15, -0.1) is 0 Å². The summed E-state index contributed by atoms with van der Waals surface area (Å²) in [7, 11) is 3.58. The van der Waals surface area contributed by atoms with Crippen LogP contribution in [0.15, 0.2) is 29.3 Å². The second kappa shape index (κ2) is 3.65. The molecule has 0 heterocycles. The number of halogens is 2. The molecule has 0 aromatic carbocycles. The summed E-state index contributed by atoms with van der Waals surface area (Å²) in [6.07, 6.45) is 1.77. The fourth-order valence-electron chi connectivity index (χ4n) is 0.924. The zero-order chi connectivity index (χ0) is 9.14. The average molecular weight is 170 g/mol. The zero-order valence-corrected chi connectivity index (χ0v) is 7.06. The zero-order valence-electron chi connectivity index (χ0n) is 7.06. The lowest BCUT2D eigenvalue weighted by Crippen LogP contribution is -2.17. The molecule has 0 unspecified atom stereocenters. The van der Waals surface area contributed by atoms with Gasteiger partial charge in [-0.25, -0.2) is 4.39 Å². The van der Waals surface area contributed by atoms with E-state index in [-0.39, 0.29) is 5.57 Å². The van der Waals surface area contributed by atoms with Gasteiger partial charge in [0, 0.05) is 12.1 Å². The number of allylic oxidation sites excluding steroid dienone is 2. The normalized spacial score (nSPS) is 18.1. The van der Waals surface area contributed by atoms with Gasteiger partial charge in [-0.1, -0.05) is 5.73 Å². The van der Waals surface area contributed by atoms with Crippen molar-refractivity contribution in [2.45, 2.75) is 0 Å². The molecular formula is C9H10F2N. The third kappa shape index (κ3) is 2.29. The van der Waals surface area contributed by atoms with E-state index in [1.807, 2.05) is 0 Å². The van der Waals surface area contributed by atoms with Crippen molar-refractivity contribution in [2.24, 2.45) is 0 Å². The van der Waals surface area contributed by atoms with Crippen LogP contribution in [0.25, 0.3) is 0 Å². The molecule has 1 aliphatic carbocycles. The van der Waals surface area contributed by atoms with Crippen LogP contribution in [0.1, 0.15) is 0 Å². The molecule has 0 aromatic rings. The van der Waals surface area contributed by atoms with E-state index >= 15 is 0 Å². The third-order valence-corrected chi connectivity index (χ3v) is 1.41. The quantitative estimate of drug-likeness (QED) is 0.573. The van der Waals surface area contributed by atoms with Crippen LogP contribution < -0.4 is 0 Å². The van der Waals surface area contributed by atoms with Crippen molar-refractivity contribution >= 4 is 0 Å². The molecule has 12 heavy (non-hydrogen) atoms. The molecule has 0 N–H and O–H groups in total. The molecule has 1 nitrogen and oxygen atoms in total. The average Bonchev–Trinajstić information content (AvgIpc) is 1.96. The smallest absolute Gasteiger partial charge is 0.201 e. The van der Waals surface area contributed by atoms with Crippen molar-refractivity contribution in [1.29, 1.82) is 0 Å². The highest BCUT2D eigenvalue weighted by Gasteiger charge is 2.15. The lowest BCUT2D eigenvalue weighted by Gasteiger charge is -2.13. The van der Waals surface area contributed by atoms with Gasteiger partial charge in [0.05, 0.1) is 0 Å². The van der Waals surface area contributed by atoms with Gasteiger partial charge in [0.15, 0.2) is 5.83 Å². The van der Waals surface area contributed by atoms with E-state index in [4.69, 9.17) is 0 Å². The maximum atomic E-state index is 12.9. The van der Waals surface area contributed by atoms with Crippen molar-refractivity contribution < 1.29 is 8.78 Å². The Morgan fingerprint density at radius 1 is 1.33 bits per heavy atom. The Kier molecular flexibility index (Phi) is 2.79. The lowest BCUT2D eigenvalue weighted by molar-refractivity contribution is 0.425. The summed E-state index contributed by atoms with van der Waals surface area (Å²) in [6.45, 7) is 0.365. The minimum absolute atomic E-state index is 0.264. The first-order chi connectivity index (χ1) is 5.59. The molecule has 0 amide bonds. The Bertz CT molecular complexity index is 260. The second-order valence-electron chi connectivity index (χ2n) is 2.87. The highest BCUT2D eigenvalue weighted by Crippen LogP contribution is 2.22. The second-order valence-corrected chi connectivity index (χ2v) is 2.87. The SMILES string of the molecule is CN(C)CC1=C=C(F)C=C[C]1F. The first kappa shape index (κ1) is 9.17. The van der Waals surface area contributed by atoms with E-state index in [1.54, 1.807) is 19.0 Å². The molecule has 0 bridgehead atoms. The summed E-state index contributed by atoms with van der Waals surface area (Å²) in [5.74, 6) is -0.520. The van der Waals surface area contributed by atoms with Gasteiger partial charge in [-0.05, 0) is 26.2 Å². The van der Waals surface area contributed by atoms with Crippen LogP contribution in [0.5, 0.6) is 0 Å². The standard InChI is InChI=1S/C9H10F2N/c1-12(2)6-7-5-8(10)3-4-9(7)11/h3-4H,6H2,1-2H3. The number of likely N-dealkylation sites (N-methyl/N-ethyl adjacent to an activating group) is 1. The summed E-state index contributed by atoms with van der Waals surface area (Å²) in [6, 6.07) is 0. The first-order valence-corrected chi connectivity index (χ1v) is 3.60. The van der Waals surface area contributed by atoms with E-state index in [2.05, 4.69) is 5.73 Å². The van der Waals surface area contributed by atoms with E-state index in [1.165, 1.54) is 0 Å².